The standard InChI is InChI=1S/C21H26N2O7/c1-12-6-4-7-13(2)19(12)21(29)30-11-17(25)15(10-18(26)27)22-20(28)16-8-5-9-23(16)14(3)24/h4,6-7,15-16H,5,8-11H2,1-3H3,(H,22,28)(H,26,27)/t15-,16-/m0/s1. The van der Waals surface area contributed by atoms with Crippen LogP contribution in [0.2, 0.25) is 0 Å². The number of hydrogen-bond donors (Lipinski definition) is 2. The Labute approximate surface area is 174 Å². The Morgan fingerprint density at radius 3 is 2.40 bits per heavy atom. The van der Waals surface area contributed by atoms with Gasteiger partial charge in [0.15, 0.2) is 12.4 Å². The maximum Gasteiger partial charge on any atom is 0.339 e. The SMILES string of the molecule is CC(=O)N1CCC[C@H]1C(=O)N[C@@H](CC(=O)O)C(=O)COC(=O)c1c(C)cccc1C. The monoisotopic (exact) mass is 418 g/mol. The normalized spacial score (nSPS) is 16.6. The van der Waals surface area contributed by atoms with E-state index in [1.165, 1.54) is 11.8 Å². The highest BCUT2D eigenvalue weighted by atomic mass is 16.5. The number of carboxylic acids is 1. The molecule has 0 bridgehead atoms. The van der Waals surface area contributed by atoms with Gasteiger partial charge >= 0.3 is 11.9 Å². The first-order valence-corrected chi connectivity index (χ1v) is 9.67. The highest BCUT2D eigenvalue weighted by Crippen LogP contribution is 2.18. The minimum Gasteiger partial charge on any atom is -0.481 e. The van der Waals surface area contributed by atoms with E-state index >= 15 is 0 Å². The van der Waals surface area contributed by atoms with Crippen molar-refractivity contribution in [1.29, 1.82) is 0 Å². The molecule has 1 aromatic rings. The summed E-state index contributed by atoms with van der Waals surface area (Å²) in [6.07, 6.45) is 0.419. The fourth-order valence-corrected chi connectivity index (χ4v) is 3.55. The first-order valence-electron chi connectivity index (χ1n) is 9.67. The summed E-state index contributed by atoms with van der Waals surface area (Å²) < 4.78 is 5.08. The summed E-state index contributed by atoms with van der Waals surface area (Å²) in [5, 5.41) is 11.5. The second kappa shape index (κ2) is 10.00. The fraction of sp³-hybridized carbons (Fsp3) is 0.476. The maximum absolute atomic E-state index is 12.5. The van der Waals surface area contributed by atoms with Crippen LogP contribution >= 0.6 is 0 Å². The van der Waals surface area contributed by atoms with Gasteiger partial charge < -0.3 is 20.1 Å². The predicted molar refractivity (Wildman–Crippen MR) is 106 cm³/mol. The molecule has 0 saturated carbocycles. The molecule has 1 aromatic carbocycles. The molecule has 2 amide bonds. The maximum atomic E-state index is 12.5. The van der Waals surface area contributed by atoms with Gasteiger partial charge in [0, 0.05) is 13.5 Å². The summed E-state index contributed by atoms with van der Waals surface area (Å²) >= 11 is 0. The number of amides is 2. The Kier molecular flexibility index (Phi) is 7.68. The summed E-state index contributed by atoms with van der Waals surface area (Å²) in [6, 6.07) is 3.15. The minimum absolute atomic E-state index is 0.267. The third kappa shape index (κ3) is 5.65. The molecule has 30 heavy (non-hydrogen) atoms. The number of ether oxygens (including phenoxy) is 1. The third-order valence-electron chi connectivity index (χ3n) is 5.07. The smallest absolute Gasteiger partial charge is 0.339 e. The van der Waals surface area contributed by atoms with Crippen molar-refractivity contribution in [2.45, 2.75) is 52.1 Å². The first kappa shape index (κ1) is 23.1. The zero-order valence-corrected chi connectivity index (χ0v) is 17.3. The van der Waals surface area contributed by atoms with Gasteiger partial charge in [-0.15, -0.1) is 0 Å². The van der Waals surface area contributed by atoms with Crippen molar-refractivity contribution < 1.29 is 33.8 Å². The second-order valence-electron chi connectivity index (χ2n) is 7.34. The Bertz CT molecular complexity index is 845. The largest absolute Gasteiger partial charge is 0.481 e. The number of aliphatic carboxylic acids is 1. The molecule has 0 spiro atoms. The molecule has 1 heterocycles. The van der Waals surface area contributed by atoms with E-state index < -0.39 is 48.7 Å². The molecule has 9 nitrogen and oxygen atoms in total. The lowest BCUT2D eigenvalue weighted by Gasteiger charge is -2.24. The van der Waals surface area contributed by atoms with Gasteiger partial charge in [-0.1, -0.05) is 18.2 Å². The third-order valence-corrected chi connectivity index (χ3v) is 5.07. The van der Waals surface area contributed by atoms with Crippen LogP contribution in [-0.4, -0.2) is 64.8 Å². The minimum atomic E-state index is -1.37. The Hall–Kier alpha value is -3.23. The highest BCUT2D eigenvalue weighted by molar-refractivity contribution is 5.98. The number of Topliss-reactive ketones (excluding diaryl/α,β-unsaturated/α-hetero) is 1. The van der Waals surface area contributed by atoms with E-state index in [4.69, 9.17) is 9.84 Å². The summed E-state index contributed by atoms with van der Waals surface area (Å²) in [6.45, 7) is 4.57. The van der Waals surface area contributed by atoms with E-state index in [0.717, 1.165) is 0 Å². The van der Waals surface area contributed by atoms with Gasteiger partial charge in [-0.3, -0.25) is 19.2 Å². The van der Waals surface area contributed by atoms with Gasteiger partial charge in [0.1, 0.15) is 12.1 Å². The van der Waals surface area contributed by atoms with Crippen LogP contribution in [0.15, 0.2) is 18.2 Å². The van der Waals surface area contributed by atoms with Gasteiger partial charge in [-0.2, -0.15) is 0 Å². The molecule has 2 rings (SSSR count). The molecule has 162 valence electrons. The highest BCUT2D eigenvalue weighted by Gasteiger charge is 2.35. The molecule has 0 aromatic heterocycles. The summed E-state index contributed by atoms with van der Waals surface area (Å²) in [7, 11) is 0. The van der Waals surface area contributed by atoms with Gasteiger partial charge in [0.2, 0.25) is 11.8 Å². The average molecular weight is 418 g/mol. The molecule has 0 unspecified atom stereocenters. The average Bonchev–Trinajstić information content (AvgIpc) is 3.15. The zero-order chi connectivity index (χ0) is 22.4. The van der Waals surface area contributed by atoms with Crippen molar-refractivity contribution in [1.82, 2.24) is 10.2 Å². The van der Waals surface area contributed by atoms with Gasteiger partial charge in [-0.05, 0) is 37.8 Å². The van der Waals surface area contributed by atoms with Crippen LogP contribution in [-0.2, 0) is 23.9 Å². The van der Waals surface area contributed by atoms with Crippen LogP contribution in [0.1, 0.15) is 47.7 Å². The van der Waals surface area contributed by atoms with E-state index in [9.17, 15) is 24.0 Å². The molecule has 0 aliphatic carbocycles. The summed E-state index contributed by atoms with van der Waals surface area (Å²) in [5.41, 5.74) is 1.72. The van der Waals surface area contributed by atoms with Gasteiger partial charge in [0.25, 0.3) is 0 Å². The Balaban J connectivity index is 2.04. The van der Waals surface area contributed by atoms with Crippen molar-refractivity contribution in [2.75, 3.05) is 13.2 Å². The molecule has 2 N–H and O–H groups in total. The van der Waals surface area contributed by atoms with Crippen LogP contribution in [0.25, 0.3) is 0 Å². The molecular formula is C21H26N2O7. The lowest BCUT2D eigenvalue weighted by atomic mass is 10.0. The molecule has 9 heteroatoms. The van der Waals surface area contributed by atoms with E-state index in [-0.39, 0.29) is 5.91 Å². The van der Waals surface area contributed by atoms with Crippen LogP contribution in [0.5, 0.6) is 0 Å². The first-order chi connectivity index (χ1) is 14.1. The van der Waals surface area contributed by atoms with Crippen molar-refractivity contribution in [3.05, 3.63) is 34.9 Å². The number of likely N-dealkylation sites (tertiary alicyclic amines) is 1. The van der Waals surface area contributed by atoms with Crippen LogP contribution < -0.4 is 5.32 Å². The zero-order valence-electron chi connectivity index (χ0n) is 17.3. The number of nitrogens with one attached hydrogen (secondary N) is 1. The predicted octanol–water partition coefficient (Wildman–Crippen LogP) is 1.000. The molecule has 1 aliphatic rings. The van der Waals surface area contributed by atoms with Crippen LogP contribution in [0.3, 0.4) is 0 Å². The van der Waals surface area contributed by atoms with Crippen molar-refractivity contribution in [3.63, 3.8) is 0 Å². The Morgan fingerprint density at radius 1 is 1.20 bits per heavy atom. The molecule has 2 atom stereocenters. The summed E-state index contributed by atoms with van der Waals surface area (Å²) in [5.74, 6) is -3.58. The Morgan fingerprint density at radius 2 is 1.83 bits per heavy atom. The van der Waals surface area contributed by atoms with Crippen molar-refractivity contribution in [3.8, 4) is 0 Å². The van der Waals surface area contributed by atoms with E-state index in [1.54, 1.807) is 32.0 Å². The van der Waals surface area contributed by atoms with Crippen molar-refractivity contribution in [2.24, 2.45) is 0 Å². The number of hydrogen-bond acceptors (Lipinski definition) is 6. The van der Waals surface area contributed by atoms with E-state index in [0.29, 0.717) is 36.1 Å². The number of carbonyl (C=O) groups excluding carboxylic acids is 4. The lowest BCUT2D eigenvalue weighted by molar-refractivity contribution is -0.142. The van der Waals surface area contributed by atoms with Gasteiger partial charge in [0.05, 0.1) is 12.0 Å². The number of nitrogens with zero attached hydrogens (tertiary/aromatic N) is 1. The number of benzene rings is 1. The quantitative estimate of drug-likeness (QED) is 0.602. The van der Waals surface area contributed by atoms with Crippen LogP contribution in [0, 0.1) is 13.8 Å². The molecular weight excluding hydrogens is 392 g/mol. The molecule has 0 radical (unpaired) electrons. The molecule has 1 aliphatic heterocycles. The van der Waals surface area contributed by atoms with Crippen LogP contribution in [0.4, 0.5) is 0 Å². The van der Waals surface area contributed by atoms with Gasteiger partial charge in [-0.25, -0.2) is 4.79 Å². The number of ketones is 1. The second-order valence-corrected chi connectivity index (χ2v) is 7.34. The van der Waals surface area contributed by atoms with E-state index in [2.05, 4.69) is 5.32 Å². The number of aryl methyl sites for hydroxylation is 2. The number of rotatable bonds is 8. The topological polar surface area (TPSA) is 130 Å². The molecule has 1 saturated heterocycles. The summed E-state index contributed by atoms with van der Waals surface area (Å²) in [4.78, 5) is 61.6. The van der Waals surface area contributed by atoms with E-state index in [1.807, 2.05) is 0 Å². The van der Waals surface area contributed by atoms with Crippen molar-refractivity contribution >= 4 is 29.5 Å². The molecule has 1 fully saturated rings. The number of carbonyl (C=O) groups is 5. The fourth-order valence-electron chi connectivity index (χ4n) is 3.55. The lowest BCUT2D eigenvalue weighted by Crippen LogP contribution is -2.51. The number of esters is 1. The number of carboxylic acid groups (broad SMARTS) is 1.